The van der Waals surface area contributed by atoms with Crippen molar-refractivity contribution in [1.29, 1.82) is 0 Å². The molecule has 0 spiro atoms. The van der Waals surface area contributed by atoms with Crippen molar-refractivity contribution in [2.24, 2.45) is 11.7 Å². The lowest BCUT2D eigenvalue weighted by molar-refractivity contribution is -0.113. The Bertz CT molecular complexity index is 1070. The van der Waals surface area contributed by atoms with Gasteiger partial charge in [-0.15, -0.1) is 21.5 Å². The molecule has 162 valence electrons. The number of carbonyl (C=O) groups excluding carboxylic acids is 2. The SMILES string of the molecule is C[C@@H]1CCCC[C@@H]1n1c(SCC(=O)Nc2sccc2C(N)=O)nnc1-c1cccnc1. The van der Waals surface area contributed by atoms with Crippen molar-refractivity contribution >= 4 is 39.9 Å². The third kappa shape index (κ3) is 4.80. The number of thioether (sulfide) groups is 1. The number of primary amides is 1. The lowest BCUT2D eigenvalue weighted by Gasteiger charge is -2.31. The molecule has 10 heteroatoms. The average Bonchev–Trinajstić information content (AvgIpc) is 3.40. The quantitative estimate of drug-likeness (QED) is 0.520. The normalized spacial score (nSPS) is 18.6. The summed E-state index contributed by atoms with van der Waals surface area (Å²) in [5.74, 6) is 0.657. The second-order valence-electron chi connectivity index (χ2n) is 7.61. The van der Waals surface area contributed by atoms with Crippen LogP contribution in [0.5, 0.6) is 0 Å². The smallest absolute Gasteiger partial charge is 0.251 e. The summed E-state index contributed by atoms with van der Waals surface area (Å²) in [6.45, 7) is 2.26. The summed E-state index contributed by atoms with van der Waals surface area (Å²) in [5, 5.41) is 14.6. The van der Waals surface area contributed by atoms with Gasteiger partial charge in [-0.1, -0.05) is 31.5 Å². The van der Waals surface area contributed by atoms with Crippen LogP contribution in [0.15, 0.2) is 41.1 Å². The third-order valence-corrected chi connectivity index (χ3v) is 7.27. The summed E-state index contributed by atoms with van der Waals surface area (Å²) in [6, 6.07) is 5.75. The van der Waals surface area contributed by atoms with Crippen LogP contribution in [-0.4, -0.2) is 37.3 Å². The number of nitrogens with one attached hydrogen (secondary N) is 1. The summed E-state index contributed by atoms with van der Waals surface area (Å²) >= 11 is 2.62. The van der Waals surface area contributed by atoms with E-state index in [2.05, 4.69) is 32.0 Å². The molecule has 0 bridgehead atoms. The van der Waals surface area contributed by atoms with Crippen molar-refractivity contribution < 1.29 is 9.59 Å². The number of hydrogen-bond donors (Lipinski definition) is 2. The Labute approximate surface area is 188 Å². The number of carbonyl (C=O) groups is 2. The Kier molecular flexibility index (Phi) is 6.67. The minimum Gasteiger partial charge on any atom is -0.366 e. The lowest BCUT2D eigenvalue weighted by Crippen LogP contribution is -2.23. The Morgan fingerprint density at radius 3 is 2.87 bits per heavy atom. The molecule has 3 aromatic rings. The maximum atomic E-state index is 12.5. The highest BCUT2D eigenvalue weighted by atomic mass is 32.2. The Balaban J connectivity index is 1.55. The summed E-state index contributed by atoms with van der Waals surface area (Å²) in [7, 11) is 0. The van der Waals surface area contributed by atoms with Crippen LogP contribution in [0.1, 0.15) is 49.0 Å². The highest BCUT2D eigenvalue weighted by molar-refractivity contribution is 7.99. The lowest BCUT2D eigenvalue weighted by atomic mass is 9.85. The molecule has 1 aliphatic carbocycles. The zero-order valence-corrected chi connectivity index (χ0v) is 18.8. The Morgan fingerprint density at radius 1 is 1.29 bits per heavy atom. The zero-order valence-electron chi connectivity index (χ0n) is 17.2. The summed E-state index contributed by atoms with van der Waals surface area (Å²) in [4.78, 5) is 28.2. The molecule has 1 aliphatic rings. The van der Waals surface area contributed by atoms with Crippen LogP contribution in [0.25, 0.3) is 11.4 Å². The van der Waals surface area contributed by atoms with Crippen molar-refractivity contribution in [3.8, 4) is 11.4 Å². The van der Waals surface area contributed by atoms with Crippen molar-refractivity contribution in [3.63, 3.8) is 0 Å². The van der Waals surface area contributed by atoms with Crippen LogP contribution in [0.2, 0.25) is 0 Å². The first-order valence-electron chi connectivity index (χ1n) is 10.2. The monoisotopic (exact) mass is 456 g/mol. The first-order chi connectivity index (χ1) is 15.0. The summed E-state index contributed by atoms with van der Waals surface area (Å²) in [5.41, 5.74) is 6.59. The van der Waals surface area contributed by atoms with Crippen molar-refractivity contribution in [3.05, 3.63) is 41.5 Å². The van der Waals surface area contributed by atoms with Gasteiger partial charge in [0.2, 0.25) is 5.91 Å². The minimum atomic E-state index is -0.559. The predicted molar refractivity (Wildman–Crippen MR) is 122 cm³/mol. The fraction of sp³-hybridized carbons (Fsp3) is 0.381. The van der Waals surface area contributed by atoms with Gasteiger partial charge < -0.3 is 11.1 Å². The maximum Gasteiger partial charge on any atom is 0.251 e. The molecule has 0 radical (unpaired) electrons. The highest BCUT2D eigenvalue weighted by Gasteiger charge is 2.29. The molecule has 1 fully saturated rings. The largest absolute Gasteiger partial charge is 0.366 e. The van der Waals surface area contributed by atoms with Crippen molar-refractivity contribution in [1.82, 2.24) is 19.7 Å². The van der Waals surface area contributed by atoms with Crippen LogP contribution in [0.4, 0.5) is 5.00 Å². The molecule has 1 saturated carbocycles. The number of amides is 2. The van der Waals surface area contributed by atoms with Gasteiger partial charge in [-0.05, 0) is 42.3 Å². The van der Waals surface area contributed by atoms with Gasteiger partial charge in [0.05, 0.1) is 11.3 Å². The fourth-order valence-corrected chi connectivity index (χ4v) is 5.54. The van der Waals surface area contributed by atoms with Gasteiger partial charge in [0.25, 0.3) is 5.91 Å². The topological polar surface area (TPSA) is 116 Å². The van der Waals surface area contributed by atoms with Gasteiger partial charge in [0.15, 0.2) is 11.0 Å². The van der Waals surface area contributed by atoms with E-state index < -0.39 is 5.91 Å². The molecule has 3 aromatic heterocycles. The molecule has 31 heavy (non-hydrogen) atoms. The molecule has 2 amide bonds. The molecule has 0 unspecified atom stereocenters. The standard InChI is InChI=1S/C21H24N6O2S2/c1-13-5-2-3-7-16(13)27-19(14-6-4-9-23-11-14)25-26-21(27)31-12-17(28)24-20-15(18(22)29)8-10-30-20/h4,6,8-11,13,16H,2-3,5,7,12H2,1H3,(H2,22,29)(H,24,28)/t13-,16+/m1/s1. The molecule has 8 nitrogen and oxygen atoms in total. The molecule has 2 atom stereocenters. The second-order valence-corrected chi connectivity index (χ2v) is 9.47. The van der Waals surface area contributed by atoms with Crippen LogP contribution >= 0.6 is 23.1 Å². The average molecular weight is 457 g/mol. The van der Waals surface area contributed by atoms with Crippen molar-refractivity contribution in [2.45, 2.75) is 43.8 Å². The number of aromatic nitrogens is 4. The molecule has 4 rings (SSSR count). The molecule has 0 saturated heterocycles. The molecular weight excluding hydrogens is 432 g/mol. The fourth-order valence-electron chi connectivity index (χ4n) is 3.94. The molecule has 0 aromatic carbocycles. The van der Waals surface area contributed by atoms with Crippen LogP contribution in [0.3, 0.4) is 0 Å². The van der Waals surface area contributed by atoms with Gasteiger partial charge in [0.1, 0.15) is 5.00 Å². The van der Waals surface area contributed by atoms with Gasteiger partial charge >= 0.3 is 0 Å². The van der Waals surface area contributed by atoms with E-state index >= 15 is 0 Å². The summed E-state index contributed by atoms with van der Waals surface area (Å²) in [6.07, 6.45) is 8.14. The Hall–Kier alpha value is -2.72. The van der Waals surface area contributed by atoms with Crippen LogP contribution < -0.4 is 11.1 Å². The van der Waals surface area contributed by atoms with E-state index in [1.165, 1.54) is 35.9 Å². The van der Waals surface area contributed by atoms with Gasteiger partial charge in [-0.2, -0.15) is 0 Å². The van der Waals surface area contributed by atoms with Gasteiger partial charge in [0, 0.05) is 24.0 Å². The van der Waals surface area contributed by atoms with E-state index in [1.54, 1.807) is 23.8 Å². The van der Waals surface area contributed by atoms with Gasteiger partial charge in [-0.25, -0.2) is 0 Å². The van der Waals surface area contributed by atoms with E-state index in [0.29, 0.717) is 21.6 Å². The van der Waals surface area contributed by atoms with Crippen LogP contribution in [-0.2, 0) is 4.79 Å². The number of anilines is 1. The Morgan fingerprint density at radius 2 is 2.13 bits per heavy atom. The summed E-state index contributed by atoms with van der Waals surface area (Å²) < 4.78 is 2.18. The third-order valence-electron chi connectivity index (χ3n) is 5.50. The zero-order chi connectivity index (χ0) is 21.8. The minimum absolute atomic E-state index is 0.155. The van der Waals surface area contributed by atoms with E-state index in [9.17, 15) is 9.59 Å². The van der Waals surface area contributed by atoms with E-state index in [1.807, 2.05) is 12.1 Å². The van der Waals surface area contributed by atoms with E-state index in [-0.39, 0.29) is 17.7 Å². The predicted octanol–water partition coefficient (Wildman–Crippen LogP) is 3.98. The number of hydrogen-bond acceptors (Lipinski definition) is 7. The van der Waals surface area contributed by atoms with E-state index in [0.717, 1.165) is 24.2 Å². The first-order valence-corrected chi connectivity index (χ1v) is 12.1. The molecule has 3 N–H and O–H groups in total. The number of rotatable bonds is 7. The highest BCUT2D eigenvalue weighted by Crippen LogP contribution is 2.38. The number of nitrogens with two attached hydrogens (primary N) is 1. The van der Waals surface area contributed by atoms with Gasteiger partial charge in [-0.3, -0.25) is 19.1 Å². The molecule has 3 heterocycles. The maximum absolute atomic E-state index is 12.5. The first kappa shape index (κ1) is 21.5. The number of thiophene rings is 1. The van der Waals surface area contributed by atoms with Crippen LogP contribution in [0, 0.1) is 5.92 Å². The number of nitrogens with zero attached hydrogens (tertiary/aromatic N) is 4. The second kappa shape index (κ2) is 9.61. The molecule has 0 aliphatic heterocycles. The molecular formula is C21H24N6O2S2. The van der Waals surface area contributed by atoms with Crippen molar-refractivity contribution in [2.75, 3.05) is 11.1 Å². The number of pyridine rings is 1. The van der Waals surface area contributed by atoms with E-state index in [4.69, 9.17) is 5.73 Å².